The Bertz CT molecular complexity index is 233. The molecule has 0 saturated heterocycles. The van der Waals surface area contributed by atoms with Crippen molar-refractivity contribution in [1.82, 2.24) is 0 Å². The van der Waals surface area contributed by atoms with Crippen LogP contribution >= 0.6 is 7.82 Å². The Kier molecular flexibility index (Phi) is 11.0. The first-order valence-electron chi connectivity index (χ1n) is 7.10. The molecule has 0 aliphatic heterocycles. The van der Waals surface area contributed by atoms with Crippen LogP contribution in [0.1, 0.15) is 65.7 Å². The van der Waals surface area contributed by atoms with Gasteiger partial charge in [-0.05, 0) is 19.3 Å². The van der Waals surface area contributed by atoms with Crippen LogP contribution in [-0.2, 0) is 18.1 Å². The van der Waals surface area contributed by atoms with Gasteiger partial charge < -0.3 is 0 Å². The number of unbranched alkanes of at least 4 members (excludes halogenated alkanes) is 2. The molecule has 0 spiro atoms. The zero-order chi connectivity index (χ0) is 13.9. The minimum absolute atomic E-state index is 0.0256. The fraction of sp³-hybridized carbons (Fsp3) is 1.00. The standard InChI is InChI=1S/C13H29O4P/c1-5-8-11-13(10-7-3)17-18(14,15-4)16-12-9-6-2/h13H,5-12H2,1-4H3. The molecule has 0 aromatic heterocycles. The third kappa shape index (κ3) is 8.25. The van der Waals surface area contributed by atoms with Crippen LogP contribution in [0.25, 0.3) is 0 Å². The van der Waals surface area contributed by atoms with Gasteiger partial charge in [0.2, 0.25) is 0 Å². The van der Waals surface area contributed by atoms with Gasteiger partial charge in [0.25, 0.3) is 0 Å². The zero-order valence-electron chi connectivity index (χ0n) is 12.3. The first-order valence-corrected chi connectivity index (χ1v) is 8.56. The normalized spacial score (nSPS) is 16.4. The molecule has 0 fully saturated rings. The fourth-order valence-electron chi connectivity index (χ4n) is 1.63. The van der Waals surface area contributed by atoms with Crippen LogP contribution < -0.4 is 0 Å². The second-order valence-electron chi connectivity index (χ2n) is 4.47. The van der Waals surface area contributed by atoms with Gasteiger partial charge in [-0.15, -0.1) is 0 Å². The average molecular weight is 280 g/mol. The summed E-state index contributed by atoms with van der Waals surface area (Å²) in [6.07, 6.45) is 6.83. The van der Waals surface area contributed by atoms with Crippen molar-refractivity contribution in [2.24, 2.45) is 0 Å². The van der Waals surface area contributed by atoms with Gasteiger partial charge >= 0.3 is 7.82 Å². The fourth-order valence-corrected chi connectivity index (χ4v) is 2.81. The van der Waals surface area contributed by atoms with E-state index in [0.29, 0.717) is 6.61 Å². The smallest absolute Gasteiger partial charge is 0.290 e. The van der Waals surface area contributed by atoms with E-state index in [-0.39, 0.29) is 6.10 Å². The zero-order valence-corrected chi connectivity index (χ0v) is 13.2. The van der Waals surface area contributed by atoms with Gasteiger partial charge in [0.1, 0.15) is 0 Å². The van der Waals surface area contributed by atoms with Gasteiger partial charge in [-0.25, -0.2) is 4.57 Å². The number of hydrogen-bond donors (Lipinski definition) is 0. The summed E-state index contributed by atoms with van der Waals surface area (Å²) >= 11 is 0. The lowest BCUT2D eigenvalue weighted by Gasteiger charge is -2.22. The van der Waals surface area contributed by atoms with Crippen molar-refractivity contribution in [3.63, 3.8) is 0 Å². The van der Waals surface area contributed by atoms with E-state index in [1.54, 1.807) is 0 Å². The molecule has 4 nitrogen and oxygen atoms in total. The molecular weight excluding hydrogens is 251 g/mol. The molecule has 0 heterocycles. The Morgan fingerprint density at radius 2 is 1.67 bits per heavy atom. The summed E-state index contributed by atoms with van der Waals surface area (Å²) in [5, 5.41) is 0. The molecule has 0 rings (SSSR count). The van der Waals surface area contributed by atoms with Crippen molar-refractivity contribution in [3.8, 4) is 0 Å². The maximum Gasteiger partial charge on any atom is 0.474 e. The summed E-state index contributed by atoms with van der Waals surface area (Å²) in [4.78, 5) is 0. The van der Waals surface area contributed by atoms with E-state index >= 15 is 0 Å². The van der Waals surface area contributed by atoms with Crippen molar-refractivity contribution in [3.05, 3.63) is 0 Å². The minimum atomic E-state index is -3.36. The van der Waals surface area contributed by atoms with Crippen molar-refractivity contribution in [1.29, 1.82) is 0 Å². The van der Waals surface area contributed by atoms with E-state index in [4.69, 9.17) is 13.6 Å². The summed E-state index contributed by atoms with van der Waals surface area (Å²) in [6.45, 7) is 6.71. The quantitative estimate of drug-likeness (QED) is 0.375. The van der Waals surface area contributed by atoms with Crippen molar-refractivity contribution in [2.75, 3.05) is 13.7 Å². The van der Waals surface area contributed by atoms with Gasteiger partial charge in [-0.1, -0.05) is 46.5 Å². The van der Waals surface area contributed by atoms with E-state index in [9.17, 15) is 4.57 Å². The molecule has 2 unspecified atom stereocenters. The van der Waals surface area contributed by atoms with E-state index in [2.05, 4.69) is 20.8 Å². The summed E-state index contributed by atoms with van der Waals surface area (Å²) < 4.78 is 28.1. The highest BCUT2D eigenvalue weighted by molar-refractivity contribution is 7.48. The molecule has 110 valence electrons. The molecule has 0 bridgehead atoms. The Hall–Kier alpha value is 0.110. The maximum atomic E-state index is 12.2. The molecule has 0 aromatic carbocycles. The van der Waals surface area contributed by atoms with Crippen LogP contribution in [0, 0.1) is 0 Å². The second kappa shape index (κ2) is 11.0. The number of phosphoric ester groups is 1. The molecule has 0 amide bonds. The predicted molar refractivity (Wildman–Crippen MR) is 74.8 cm³/mol. The van der Waals surface area contributed by atoms with E-state index in [1.807, 2.05) is 0 Å². The lowest BCUT2D eigenvalue weighted by atomic mass is 10.1. The Morgan fingerprint density at radius 1 is 1.00 bits per heavy atom. The van der Waals surface area contributed by atoms with Crippen molar-refractivity contribution < 1.29 is 18.1 Å². The van der Waals surface area contributed by atoms with Gasteiger partial charge in [-0.3, -0.25) is 13.6 Å². The van der Waals surface area contributed by atoms with Crippen LogP contribution in [0.15, 0.2) is 0 Å². The Balaban J connectivity index is 4.28. The summed E-state index contributed by atoms with van der Waals surface area (Å²) in [6, 6.07) is 0. The molecule has 5 heteroatoms. The van der Waals surface area contributed by atoms with Crippen molar-refractivity contribution in [2.45, 2.75) is 71.8 Å². The van der Waals surface area contributed by atoms with Crippen LogP contribution in [0.2, 0.25) is 0 Å². The third-order valence-electron chi connectivity index (χ3n) is 2.74. The molecule has 0 aliphatic rings. The largest absolute Gasteiger partial charge is 0.474 e. The van der Waals surface area contributed by atoms with Gasteiger partial charge in [-0.2, -0.15) is 0 Å². The molecule has 18 heavy (non-hydrogen) atoms. The van der Waals surface area contributed by atoms with Gasteiger partial charge in [0.15, 0.2) is 0 Å². The van der Waals surface area contributed by atoms with E-state index < -0.39 is 7.82 Å². The number of rotatable bonds is 12. The first-order chi connectivity index (χ1) is 8.61. The van der Waals surface area contributed by atoms with E-state index in [1.165, 1.54) is 7.11 Å². The number of hydrogen-bond acceptors (Lipinski definition) is 4. The molecule has 0 N–H and O–H groups in total. The predicted octanol–water partition coefficient (Wildman–Crippen LogP) is 4.93. The highest BCUT2D eigenvalue weighted by atomic mass is 31.2. The van der Waals surface area contributed by atoms with Crippen LogP contribution in [0.3, 0.4) is 0 Å². The number of phosphoric acid groups is 1. The van der Waals surface area contributed by atoms with Crippen LogP contribution in [0.4, 0.5) is 0 Å². The van der Waals surface area contributed by atoms with Crippen molar-refractivity contribution >= 4 is 7.82 Å². The molecular formula is C13H29O4P. The molecule has 0 saturated carbocycles. The van der Waals surface area contributed by atoms with Gasteiger partial charge in [0, 0.05) is 7.11 Å². The maximum absolute atomic E-state index is 12.2. The lowest BCUT2D eigenvalue weighted by Crippen LogP contribution is -2.13. The van der Waals surface area contributed by atoms with E-state index in [0.717, 1.165) is 44.9 Å². The highest BCUT2D eigenvalue weighted by Crippen LogP contribution is 2.50. The average Bonchev–Trinajstić information content (AvgIpc) is 2.36. The SMILES string of the molecule is CCCCOP(=O)(OC)OC(CCC)CCCC. The second-order valence-corrected chi connectivity index (χ2v) is 6.20. The third-order valence-corrected chi connectivity index (χ3v) is 4.24. The summed E-state index contributed by atoms with van der Waals surface area (Å²) in [5.41, 5.74) is 0. The Morgan fingerprint density at radius 3 is 2.17 bits per heavy atom. The summed E-state index contributed by atoms with van der Waals surface area (Å²) in [5.74, 6) is 0. The summed E-state index contributed by atoms with van der Waals surface area (Å²) in [7, 11) is -1.97. The minimum Gasteiger partial charge on any atom is -0.290 e. The topological polar surface area (TPSA) is 44.8 Å². The monoisotopic (exact) mass is 280 g/mol. The van der Waals surface area contributed by atoms with Gasteiger partial charge in [0.05, 0.1) is 12.7 Å². The van der Waals surface area contributed by atoms with Crippen LogP contribution in [0.5, 0.6) is 0 Å². The molecule has 0 radical (unpaired) electrons. The Labute approximate surface area is 112 Å². The molecule has 0 aromatic rings. The molecule has 2 atom stereocenters. The highest BCUT2D eigenvalue weighted by Gasteiger charge is 2.28. The lowest BCUT2D eigenvalue weighted by molar-refractivity contribution is 0.0801. The first kappa shape index (κ1) is 18.1. The molecule has 0 aliphatic carbocycles. The van der Waals surface area contributed by atoms with Crippen LogP contribution in [-0.4, -0.2) is 19.8 Å².